The molecule has 1 aromatic carbocycles. The van der Waals surface area contributed by atoms with Gasteiger partial charge in [0.15, 0.2) is 0 Å². The Balaban J connectivity index is 2.03. The van der Waals surface area contributed by atoms with Gasteiger partial charge in [-0.1, -0.05) is 12.1 Å². The van der Waals surface area contributed by atoms with E-state index in [2.05, 4.69) is 23.3 Å². The number of nitriles is 1. The second-order valence-electron chi connectivity index (χ2n) is 4.50. The Bertz CT molecular complexity index is 605. The molecule has 0 aliphatic rings. The number of nitrogens with one attached hydrogen (secondary N) is 1. The van der Waals surface area contributed by atoms with Crippen LogP contribution in [0.15, 0.2) is 42.6 Å². The Kier molecular flexibility index (Phi) is 4.70. The zero-order chi connectivity index (χ0) is 14.4. The minimum Gasteiger partial charge on any atom is -0.495 e. The van der Waals surface area contributed by atoms with Crippen molar-refractivity contribution in [1.82, 2.24) is 10.3 Å². The first-order valence-electron chi connectivity index (χ1n) is 6.46. The van der Waals surface area contributed by atoms with Crippen LogP contribution >= 0.6 is 0 Å². The van der Waals surface area contributed by atoms with E-state index in [-0.39, 0.29) is 6.04 Å². The van der Waals surface area contributed by atoms with Crippen molar-refractivity contribution < 1.29 is 4.74 Å². The average molecular weight is 267 g/mol. The fourth-order valence-electron chi connectivity index (χ4n) is 1.96. The minimum atomic E-state index is 0.156. The van der Waals surface area contributed by atoms with Gasteiger partial charge < -0.3 is 10.1 Å². The van der Waals surface area contributed by atoms with Crippen LogP contribution in [-0.2, 0) is 6.54 Å². The molecule has 0 unspecified atom stereocenters. The van der Waals surface area contributed by atoms with E-state index >= 15 is 0 Å². The average Bonchev–Trinajstić information content (AvgIpc) is 2.53. The summed E-state index contributed by atoms with van der Waals surface area (Å²) >= 11 is 0. The SMILES string of the molecule is COc1ccc(CN[C@@H](C)c2ccccn2)cc1C#N. The monoisotopic (exact) mass is 267 g/mol. The number of hydrogen-bond acceptors (Lipinski definition) is 4. The predicted octanol–water partition coefficient (Wildman–Crippen LogP) is 2.81. The molecular formula is C16H17N3O. The molecule has 1 atom stereocenters. The highest BCUT2D eigenvalue weighted by Crippen LogP contribution is 2.19. The van der Waals surface area contributed by atoms with Crippen molar-refractivity contribution in [1.29, 1.82) is 5.26 Å². The normalized spacial score (nSPS) is 11.7. The Morgan fingerprint density at radius 3 is 2.85 bits per heavy atom. The summed E-state index contributed by atoms with van der Waals surface area (Å²) in [6.07, 6.45) is 1.79. The topological polar surface area (TPSA) is 57.9 Å². The first-order valence-corrected chi connectivity index (χ1v) is 6.46. The van der Waals surface area contributed by atoms with Crippen LogP contribution in [0.3, 0.4) is 0 Å². The maximum Gasteiger partial charge on any atom is 0.136 e. The Morgan fingerprint density at radius 2 is 2.20 bits per heavy atom. The summed E-state index contributed by atoms with van der Waals surface area (Å²) in [6, 6.07) is 13.8. The van der Waals surface area contributed by atoms with E-state index in [1.165, 1.54) is 0 Å². The van der Waals surface area contributed by atoms with Crippen LogP contribution in [0, 0.1) is 11.3 Å². The molecule has 0 aliphatic carbocycles. The summed E-state index contributed by atoms with van der Waals surface area (Å²) in [5.41, 5.74) is 2.60. The number of rotatable bonds is 5. The summed E-state index contributed by atoms with van der Waals surface area (Å²) in [5, 5.41) is 12.5. The minimum absolute atomic E-state index is 0.156. The molecule has 1 aromatic heterocycles. The molecule has 0 amide bonds. The number of ether oxygens (including phenoxy) is 1. The van der Waals surface area contributed by atoms with Gasteiger partial charge in [-0.15, -0.1) is 0 Å². The van der Waals surface area contributed by atoms with Crippen molar-refractivity contribution in [3.63, 3.8) is 0 Å². The van der Waals surface area contributed by atoms with Crippen LogP contribution in [0.1, 0.15) is 29.8 Å². The van der Waals surface area contributed by atoms with E-state index in [4.69, 9.17) is 10.00 Å². The van der Waals surface area contributed by atoms with Crippen LogP contribution in [0.4, 0.5) is 0 Å². The van der Waals surface area contributed by atoms with Gasteiger partial charge in [0, 0.05) is 18.8 Å². The zero-order valence-corrected chi connectivity index (χ0v) is 11.6. The third kappa shape index (κ3) is 3.34. The Morgan fingerprint density at radius 1 is 1.35 bits per heavy atom. The molecule has 0 saturated heterocycles. The molecule has 0 saturated carbocycles. The van der Waals surface area contributed by atoms with Gasteiger partial charge in [0.05, 0.1) is 18.4 Å². The second kappa shape index (κ2) is 6.69. The number of pyridine rings is 1. The maximum atomic E-state index is 9.07. The third-order valence-corrected chi connectivity index (χ3v) is 3.13. The standard InChI is InChI=1S/C16H17N3O/c1-12(15-5-3-4-8-18-15)19-11-13-6-7-16(20-2)14(9-13)10-17/h3-9,12,19H,11H2,1-2H3/t12-/m0/s1. The molecule has 0 spiro atoms. The first kappa shape index (κ1) is 14.0. The Hall–Kier alpha value is -2.38. The van der Waals surface area contributed by atoms with E-state index in [1.807, 2.05) is 36.4 Å². The van der Waals surface area contributed by atoms with Crippen molar-refractivity contribution in [2.24, 2.45) is 0 Å². The molecule has 0 bridgehead atoms. The molecule has 102 valence electrons. The van der Waals surface area contributed by atoms with E-state index < -0.39 is 0 Å². The van der Waals surface area contributed by atoms with Crippen LogP contribution in [0.2, 0.25) is 0 Å². The molecule has 0 aliphatic heterocycles. The first-order chi connectivity index (χ1) is 9.74. The van der Waals surface area contributed by atoms with Gasteiger partial charge in [0.1, 0.15) is 11.8 Å². The van der Waals surface area contributed by atoms with Crippen molar-refractivity contribution >= 4 is 0 Å². The van der Waals surface area contributed by atoms with Crippen LogP contribution < -0.4 is 10.1 Å². The molecule has 4 nitrogen and oxygen atoms in total. The van der Waals surface area contributed by atoms with Crippen LogP contribution in [0.5, 0.6) is 5.75 Å². The molecule has 1 N–H and O–H groups in total. The van der Waals surface area contributed by atoms with E-state index in [9.17, 15) is 0 Å². The highest BCUT2D eigenvalue weighted by molar-refractivity contribution is 5.45. The Labute approximate surface area is 119 Å². The van der Waals surface area contributed by atoms with E-state index in [1.54, 1.807) is 13.3 Å². The predicted molar refractivity (Wildman–Crippen MR) is 77.2 cm³/mol. The molecule has 2 aromatic rings. The molecule has 1 heterocycles. The van der Waals surface area contributed by atoms with Gasteiger partial charge in [-0.05, 0) is 36.8 Å². The molecule has 4 heteroatoms. The van der Waals surface area contributed by atoms with Gasteiger partial charge >= 0.3 is 0 Å². The smallest absolute Gasteiger partial charge is 0.136 e. The molecule has 20 heavy (non-hydrogen) atoms. The van der Waals surface area contributed by atoms with Crippen LogP contribution in [0.25, 0.3) is 0 Å². The third-order valence-electron chi connectivity index (χ3n) is 3.13. The number of aromatic nitrogens is 1. The molecule has 2 rings (SSSR count). The van der Waals surface area contributed by atoms with Gasteiger partial charge in [-0.3, -0.25) is 4.98 Å². The lowest BCUT2D eigenvalue weighted by Gasteiger charge is -2.13. The molecular weight excluding hydrogens is 250 g/mol. The van der Waals surface area contributed by atoms with Crippen molar-refractivity contribution in [3.8, 4) is 11.8 Å². The summed E-state index contributed by atoms with van der Waals surface area (Å²) in [4.78, 5) is 4.32. The van der Waals surface area contributed by atoms with Crippen LogP contribution in [-0.4, -0.2) is 12.1 Å². The molecule has 0 fully saturated rings. The van der Waals surface area contributed by atoms with E-state index in [0.717, 1.165) is 11.3 Å². The zero-order valence-electron chi connectivity index (χ0n) is 11.6. The van der Waals surface area contributed by atoms with E-state index in [0.29, 0.717) is 17.9 Å². The fourth-order valence-corrected chi connectivity index (χ4v) is 1.96. The largest absolute Gasteiger partial charge is 0.495 e. The lowest BCUT2D eigenvalue weighted by atomic mass is 10.1. The lowest BCUT2D eigenvalue weighted by Crippen LogP contribution is -2.19. The number of methoxy groups -OCH3 is 1. The summed E-state index contributed by atoms with van der Waals surface area (Å²) in [7, 11) is 1.57. The van der Waals surface area contributed by atoms with Crippen molar-refractivity contribution in [2.75, 3.05) is 7.11 Å². The highest BCUT2D eigenvalue weighted by atomic mass is 16.5. The van der Waals surface area contributed by atoms with Gasteiger partial charge in [-0.25, -0.2) is 0 Å². The number of nitrogens with zero attached hydrogens (tertiary/aromatic N) is 2. The fraction of sp³-hybridized carbons (Fsp3) is 0.250. The van der Waals surface area contributed by atoms with Gasteiger partial charge in [-0.2, -0.15) is 5.26 Å². The highest BCUT2D eigenvalue weighted by Gasteiger charge is 2.07. The lowest BCUT2D eigenvalue weighted by molar-refractivity contribution is 0.413. The number of benzene rings is 1. The van der Waals surface area contributed by atoms with Gasteiger partial charge in [0.2, 0.25) is 0 Å². The molecule has 0 radical (unpaired) electrons. The second-order valence-corrected chi connectivity index (χ2v) is 4.50. The maximum absolute atomic E-state index is 9.07. The van der Waals surface area contributed by atoms with Crippen molar-refractivity contribution in [3.05, 3.63) is 59.4 Å². The summed E-state index contributed by atoms with van der Waals surface area (Å²) in [5.74, 6) is 0.606. The summed E-state index contributed by atoms with van der Waals surface area (Å²) < 4.78 is 5.13. The van der Waals surface area contributed by atoms with Gasteiger partial charge in [0.25, 0.3) is 0 Å². The summed E-state index contributed by atoms with van der Waals surface area (Å²) in [6.45, 7) is 2.74. The van der Waals surface area contributed by atoms with Crippen molar-refractivity contribution in [2.45, 2.75) is 19.5 Å². The quantitative estimate of drug-likeness (QED) is 0.905. The number of hydrogen-bond donors (Lipinski definition) is 1.